The Morgan fingerprint density at radius 1 is 1.07 bits per heavy atom. The summed E-state index contributed by atoms with van der Waals surface area (Å²) in [5, 5.41) is 1.00. The highest BCUT2D eigenvalue weighted by Gasteiger charge is 2.50. The number of hydrogen-bond donors (Lipinski definition) is 0. The number of rotatable bonds is 4. The zero-order valence-electron chi connectivity index (χ0n) is 21.6. The summed E-state index contributed by atoms with van der Waals surface area (Å²) in [6.07, 6.45) is -3.92. The van der Waals surface area contributed by atoms with Gasteiger partial charge in [0.15, 0.2) is 0 Å². The van der Waals surface area contributed by atoms with E-state index in [0.717, 1.165) is 52.7 Å². The number of halogens is 3. The Bertz CT molecular complexity index is 1780. The average molecular weight is 549 g/mol. The number of hydrogen-bond acceptors (Lipinski definition) is 6. The molecule has 6 rings (SSSR count). The number of carbonyl (C=O) groups excluding carboxylic acids is 2. The van der Waals surface area contributed by atoms with Crippen LogP contribution in [0.1, 0.15) is 58.4 Å². The van der Waals surface area contributed by atoms with Crippen molar-refractivity contribution in [1.29, 1.82) is 0 Å². The summed E-state index contributed by atoms with van der Waals surface area (Å²) >= 11 is 0. The van der Waals surface area contributed by atoms with Gasteiger partial charge in [0.2, 0.25) is 5.60 Å². The Balaban J connectivity index is 1.49. The second-order valence-electron chi connectivity index (χ2n) is 9.82. The molecule has 7 nitrogen and oxygen atoms in total. The van der Waals surface area contributed by atoms with E-state index >= 15 is 0 Å². The molecule has 0 spiro atoms. The molecule has 2 aromatic carbocycles. The summed E-state index contributed by atoms with van der Waals surface area (Å²) in [5.74, 6) is -1.87. The van der Waals surface area contributed by atoms with Crippen LogP contribution in [0.25, 0.3) is 22.3 Å². The molecular weight excluding hydrogens is 525 g/mol. The first kappa shape index (κ1) is 25.8. The second kappa shape index (κ2) is 9.04. The molecule has 0 amide bonds. The maximum Gasteiger partial charge on any atom is 0.416 e. The topological polar surface area (TPSA) is 87.5 Å². The van der Waals surface area contributed by atoms with Crippen LogP contribution in [0.5, 0.6) is 0 Å². The molecule has 40 heavy (non-hydrogen) atoms. The zero-order chi connectivity index (χ0) is 28.4. The van der Waals surface area contributed by atoms with Gasteiger partial charge in [0.25, 0.3) is 5.56 Å². The van der Waals surface area contributed by atoms with Crippen molar-refractivity contribution in [3.63, 3.8) is 0 Å². The van der Waals surface area contributed by atoms with Gasteiger partial charge in [-0.05, 0) is 54.8 Å². The number of carbonyl (C=O) groups is 2. The van der Waals surface area contributed by atoms with E-state index < -0.39 is 29.3 Å². The lowest BCUT2D eigenvalue weighted by Crippen LogP contribution is -2.47. The molecule has 10 heteroatoms. The molecule has 0 bridgehead atoms. The minimum absolute atomic E-state index is 0.0632. The number of pyridine rings is 2. The van der Waals surface area contributed by atoms with E-state index in [1.54, 1.807) is 17.6 Å². The van der Waals surface area contributed by atoms with Crippen molar-refractivity contribution in [1.82, 2.24) is 9.55 Å². The predicted molar refractivity (Wildman–Crippen MR) is 139 cm³/mol. The van der Waals surface area contributed by atoms with Crippen molar-refractivity contribution in [3.8, 4) is 11.4 Å². The van der Waals surface area contributed by atoms with E-state index in [9.17, 15) is 27.6 Å². The van der Waals surface area contributed by atoms with Gasteiger partial charge in [0.1, 0.15) is 6.61 Å². The molecule has 0 unspecified atom stereocenters. The predicted octanol–water partition coefficient (Wildman–Crippen LogP) is 5.53. The minimum atomic E-state index is -4.57. The van der Waals surface area contributed by atoms with Crippen molar-refractivity contribution >= 4 is 22.8 Å². The summed E-state index contributed by atoms with van der Waals surface area (Å²) in [6.45, 7) is 3.65. The number of aryl methyl sites for hydroxylation is 1. The van der Waals surface area contributed by atoms with Crippen molar-refractivity contribution in [2.24, 2.45) is 0 Å². The number of esters is 2. The van der Waals surface area contributed by atoms with E-state index in [0.29, 0.717) is 17.9 Å². The molecule has 4 heterocycles. The number of benzene rings is 2. The lowest BCUT2D eigenvalue weighted by Gasteiger charge is -2.35. The Hall–Kier alpha value is -4.47. The third-order valence-corrected chi connectivity index (χ3v) is 7.75. The van der Waals surface area contributed by atoms with E-state index in [-0.39, 0.29) is 35.3 Å². The average Bonchev–Trinajstić information content (AvgIpc) is 3.31. The minimum Gasteiger partial charge on any atom is -0.457 e. The molecule has 0 aliphatic carbocycles. The van der Waals surface area contributed by atoms with Crippen LogP contribution in [-0.4, -0.2) is 21.5 Å². The van der Waals surface area contributed by atoms with Gasteiger partial charge < -0.3 is 14.0 Å². The molecule has 2 aromatic heterocycles. The van der Waals surface area contributed by atoms with Gasteiger partial charge in [-0.25, -0.2) is 14.6 Å². The van der Waals surface area contributed by atoms with E-state index in [1.807, 2.05) is 31.2 Å². The number of cyclic esters (lactones) is 1. The smallest absolute Gasteiger partial charge is 0.416 e. The molecule has 2 aliphatic heterocycles. The van der Waals surface area contributed by atoms with Crippen molar-refractivity contribution in [2.75, 3.05) is 0 Å². The zero-order valence-corrected chi connectivity index (χ0v) is 21.6. The molecular formula is C30H23F3N2O5. The number of fused-ring (bicyclic) bond motifs is 5. The van der Waals surface area contributed by atoms with Crippen LogP contribution < -0.4 is 5.56 Å². The van der Waals surface area contributed by atoms with Crippen LogP contribution in [0, 0.1) is 0 Å². The molecule has 204 valence electrons. The quantitative estimate of drug-likeness (QED) is 0.275. The Morgan fingerprint density at radius 2 is 1.80 bits per heavy atom. The fraction of sp³-hybridized carbons (Fsp3) is 0.267. The lowest BCUT2D eigenvalue weighted by molar-refractivity contribution is -0.173. The Kier molecular flexibility index (Phi) is 5.83. The molecule has 1 atom stereocenters. The van der Waals surface area contributed by atoms with Crippen LogP contribution in [0.4, 0.5) is 13.2 Å². The monoisotopic (exact) mass is 548 g/mol. The molecule has 0 saturated heterocycles. The first-order valence-electron chi connectivity index (χ1n) is 12.8. The van der Waals surface area contributed by atoms with Crippen molar-refractivity contribution in [2.45, 2.75) is 51.6 Å². The summed E-state index contributed by atoms with van der Waals surface area (Å²) in [5.41, 5.74) is 0.806. The number of para-hydroxylation sites is 1. The first-order valence-corrected chi connectivity index (χ1v) is 12.8. The normalized spacial score (nSPS) is 17.7. The summed E-state index contributed by atoms with van der Waals surface area (Å²) < 4.78 is 51.7. The van der Waals surface area contributed by atoms with Gasteiger partial charge >= 0.3 is 18.1 Å². The van der Waals surface area contributed by atoms with E-state index in [1.165, 1.54) is 0 Å². The summed E-state index contributed by atoms with van der Waals surface area (Å²) in [6, 6.07) is 12.9. The van der Waals surface area contributed by atoms with Gasteiger partial charge in [-0.15, -0.1) is 0 Å². The molecule has 0 radical (unpaired) electrons. The SMILES string of the molecule is CCc1c2c(nc3ccccc13)-c1cc3c(c(=O)n1C2)COC(=O)[C@@]3(CC)OC(=O)c1ccc(C(F)(F)F)cc1. The highest BCUT2D eigenvalue weighted by molar-refractivity contribution is 5.94. The summed E-state index contributed by atoms with van der Waals surface area (Å²) in [4.78, 5) is 45.0. The van der Waals surface area contributed by atoms with E-state index in [4.69, 9.17) is 14.5 Å². The molecule has 2 aliphatic rings. The summed E-state index contributed by atoms with van der Waals surface area (Å²) in [7, 11) is 0. The molecule has 0 fully saturated rings. The van der Waals surface area contributed by atoms with Crippen LogP contribution >= 0.6 is 0 Å². The van der Waals surface area contributed by atoms with Gasteiger partial charge in [0, 0.05) is 16.5 Å². The van der Waals surface area contributed by atoms with Gasteiger partial charge in [-0.1, -0.05) is 32.0 Å². The van der Waals surface area contributed by atoms with Gasteiger partial charge in [-0.2, -0.15) is 13.2 Å². The number of ether oxygens (including phenoxy) is 2. The standard InChI is InChI=1S/C30H23F3N2O5/c1-3-18-19-7-5-6-8-23(19)34-25-20(18)14-35-24(25)13-22-21(26(35)36)15-39-28(38)29(22,4-2)40-27(37)16-9-11-17(12-10-16)30(31,32)33/h5-13H,3-4,14-15H2,1-2H3/t29-/m0/s1. The van der Waals surface area contributed by atoms with Crippen LogP contribution in [0.3, 0.4) is 0 Å². The third-order valence-electron chi connectivity index (χ3n) is 7.75. The second-order valence-corrected chi connectivity index (χ2v) is 9.82. The van der Waals surface area contributed by atoms with Crippen LogP contribution in [0.2, 0.25) is 0 Å². The first-order chi connectivity index (χ1) is 19.1. The van der Waals surface area contributed by atoms with Crippen molar-refractivity contribution < 1.29 is 32.2 Å². The third kappa shape index (κ3) is 3.73. The van der Waals surface area contributed by atoms with E-state index in [2.05, 4.69) is 0 Å². The Labute approximate surface area is 226 Å². The number of nitrogens with zero attached hydrogens (tertiary/aromatic N) is 2. The molecule has 4 aromatic rings. The van der Waals surface area contributed by atoms with Crippen LogP contribution in [0.15, 0.2) is 59.4 Å². The number of alkyl halides is 3. The fourth-order valence-corrected chi connectivity index (χ4v) is 5.69. The fourth-order valence-electron chi connectivity index (χ4n) is 5.69. The maximum atomic E-state index is 13.8. The largest absolute Gasteiger partial charge is 0.457 e. The molecule has 0 saturated carbocycles. The van der Waals surface area contributed by atoms with Gasteiger partial charge in [-0.3, -0.25) is 4.79 Å². The lowest BCUT2D eigenvalue weighted by atomic mass is 9.85. The maximum absolute atomic E-state index is 13.8. The molecule has 0 N–H and O–H groups in total. The Morgan fingerprint density at radius 3 is 2.48 bits per heavy atom. The van der Waals surface area contributed by atoms with Crippen molar-refractivity contribution in [3.05, 3.63) is 98.3 Å². The van der Waals surface area contributed by atoms with Gasteiger partial charge in [0.05, 0.1) is 40.1 Å². The highest BCUT2D eigenvalue weighted by Crippen LogP contribution is 2.42. The highest BCUT2D eigenvalue weighted by atomic mass is 19.4. The van der Waals surface area contributed by atoms with Crippen LogP contribution in [-0.2, 0) is 45.6 Å². The number of aromatic nitrogens is 2.